The molecule has 1 aliphatic heterocycles. The Balaban J connectivity index is 1.10. The lowest BCUT2D eigenvalue weighted by molar-refractivity contribution is -0.159. The minimum Gasteiger partial charge on any atom is -0.461 e. The second-order valence-corrected chi connectivity index (χ2v) is 13.3. The Morgan fingerprint density at radius 2 is 1.89 bits per heavy atom. The molecular weight excluding hydrogens is 464 g/mol. The van der Waals surface area contributed by atoms with E-state index in [1.165, 1.54) is 37.7 Å². The zero-order valence-electron chi connectivity index (χ0n) is 22.9. The summed E-state index contributed by atoms with van der Waals surface area (Å²) in [6.07, 6.45) is 13.6. The zero-order valence-corrected chi connectivity index (χ0v) is 22.9. The summed E-state index contributed by atoms with van der Waals surface area (Å²) in [4.78, 5) is 28.8. The third-order valence-corrected chi connectivity index (χ3v) is 11.4. The van der Waals surface area contributed by atoms with E-state index in [9.17, 15) is 9.59 Å². The van der Waals surface area contributed by atoms with E-state index in [0.29, 0.717) is 29.7 Å². The molecule has 0 aromatic carbocycles. The fourth-order valence-electron chi connectivity index (χ4n) is 9.14. The van der Waals surface area contributed by atoms with E-state index in [0.717, 1.165) is 51.4 Å². The average molecular weight is 509 g/mol. The smallest absolute Gasteiger partial charge is 0.335 e. The van der Waals surface area contributed by atoms with Gasteiger partial charge in [0.15, 0.2) is 0 Å². The Labute approximate surface area is 221 Å². The monoisotopic (exact) mass is 508 g/mol. The first-order valence-corrected chi connectivity index (χ1v) is 14.7. The van der Waals surface area contributed by atoms with Crippen LogP contribution in [0.4, 0.5) is 0 Å². The lowest BCUT2D eigenvalue weighted by Crippen LogP contribution is -2.52. The van der Waals surface area contributed by atoms with Crippen LogP contribution in [0.2, 0.25) is 0 Å². The fourth-order valence-corrected chi connectivity index (χ4v) is 9.14. The number of esters is 1. The van der Waals surface area contributed by atoms with E-state index in [1.54, 1.807) is 17.9 Å². The van der Waals surface area contributed by atoms with Crippen molar-refractivity contribution in [1.29, 1.82) is 0 Å². The molecule has 0 radical (unpaired) electrons. The van der Waals surface area contributed by atoms with Gasteiger partial charge in [0.2, 0.25) is 0 Å². The van der Waals surface area contributed by atoms with Gasteiger partial charge in [-0.1, -0.05) is 25.5 Å². The van der Waals surface area contributed by atoms with Gasteiger partial charge in [-0.05, 0) is 105 Å². The third kappa shape index (κ3) is 4.52. The predicted molar refractivity (Wildman–Crippen MR) is 143 cm³/mol. The molecule has 3 saturated carbocycles. The molecular formula is C31H44N2O4. The molecule has 6 nitrogen and oxygen atoms in total. The van der Waals surface area contributed by atoms with Crippen LogP contribution in [0.3, 0.4) is 0 Å². The van der Waals surface area contributed by atoms with Crippen LogP contribution in [0, 0.1) is 28.6 Å². The summed E-state index contributed by atoms with van der Waals surface area (Å²) < 4.78 is 11.3. The second kappa shape index (κ2) is 9.68. The van der Waals surface area contributed by atoms with Gasteiger partial charge in [0.05, 0.1) is 12.8 Å². The maximum absolute atomic E-state index is 12.7. The first-order chi connectivity index (χ1) is 17.8. The van der Waals surface area contributed by atoms with Crippen molar-refractivity contribution in [3.8, 4) is 0 Å². The molecule has 2 heterocycles. The molecule has 0 N–H and O–H groups in total. The Morgan fingerprint density at radius 3 is 2.65 bits per heavy atom. The molecule has 1 saturated heterocycles. The maximum Gasteiger partial charge on any atom is 0.335 e. The van der Waals surface area contributed by atoms with Gasteiger partial charge in [0.1, 0.15) is 6.10 Å². The Morgan fingerprint density at radius 1 is 1.08 bits per heavy atom. The topological polar surface area (TPSA) is 63.0 Å². The number of likely N-dealkylation sites (N-methyl/N-ethyl adjacent to an activating group) is 1. The number of allylic oxidation sites excluding steroid dienone is 2. The molecule has 0 amide bonds. The van der Waals surface area contributed by atoms with Gasteiger partial charge in [-0.3, -0.25) is 9.69 Å². The number of ether oxygens (including phenoxy) is 1. The van der Waals surface area contributed by atoms with E-state index in [-0.39, 0.29) is 23.1 Å². The van der Waals surface area contributed by atoms with Gasteiger partial charge in [-0.15, -0.1) is 0 Å². The Bertz CT molecular complexity index is 1080. The van der Waals surface area contributed by atoms with Crippen molar-refractivity contribution in [2.24, 2.45) is 28.6 Å². The van der Waals surface area contributed by atoms with E-state index in [2.05, 4.69) is 36.8 Å². The molecule has 1 aromatic rings. The van der Waals surface area contributed by atoms with Crippen molar-refractivity contribution in [2.45, 2.75) is 77.2 Å². The maximum atomic E-state index is 12.7. The standard InChI is InChI=1S/C31H44N2O4/c1-30-12-10-23(37-29(35)19-33-16-14-32(3)15-17-33)18-22(30)5-6-24-26-8-7-25(21-4-9-28(34)36-20-21)31(26,2)13-11-27(24)30/h4,8-9,20,22-25,27H,5-7,10-19H2,1-3H3/t22-,23+,24+,25-,27+,30+,31-/m1/s1. The summed E-state index contributed by atoms with van der Waals surface area (Å²) >= 11 is 0. The van der Waals surface area contributed by atoms with Crippen molar-refractivity contribution in [1.82, 2.24) is 9.80 Å². The molecule has 4 fully saturated rings. The van der Waals surface area contributed by atoms with Gasteiger partial charge >= 0.3 is 11.6 Å². The van der Waals surface area contributed by atoms with Gasteiger partial charge < -0.3 is 14.1 Å². The van der Waals surface area contributed by atoms with Crippen molar-refractivity contribution in [3.63, 3.8) is 0 Å². The highest BCUT2D eigenvalue weighted by molar-refractivity contribution is 5.71. The Hall–Kier alpha value is -1.92. The fraction of sp³-hybridized carbons (Fsp3) is 0.742. The number of nitrogens with zero attached hydrogens (tertiary/aromatic N) is 2. The van der Waals surface area contributed by atoms with Crippen LogP contribution in [0.1, 0.15) is 76.7 Å². The highest BCUT2D eigenvalue weighted by atomic mass is 16.5. The molecule has 0 spiro atoms. The molecule has 6 heteroatoms. The van der Waals surface area contributed by atoms with Crippen LogP contribution in [0.25, 0.3) is 0 Å². The van der Waals surface area contributed by atoms with Crippen LogP contribution in [-0.2, 0) is 9.53 Å². The minimum absolute atomic E-state index is 0.0285. The molecule has 0 unspecified atom stereocenters. The highest BCUT2D eigenvalue weighted by Gasteiger charge is 2.58. The van der Waals surface area contributed by atoms with Crippen LogP contribution in [0.15, 0.2) is 39.3 Å². The van der Waals surface area contributed by atoms with Crippen molar-refractivity contribution < 1.29 is 13.9 Å². The minimum atomic E-state index is -0.268. The molecule has 202 valence electrons. The predicted octanol–water partition coefficient (Wildman–Crippen LogP) is 4.85. The highest BCUT2D eigenvalue weighted by Crippen LogP contribution is 2.67. The largest absolute Gasteiger partial charge is 0.461 e. The Kier molecular flexibility index (Phi) is 6.63. The summed E-state index contributed by atoms with van der Waals surface area (Å²) in [5, 5.41) is 0. The summed E-state index contributed by atoms with van der Waals surface area (Å²) in [6.45, 7) is 9.41. The number of rotatable bonds is 4. The number of carbonyl (C=O) groups is 1. The number of hydrogen-bond acceptors (Lipinski definition) is 6. The lowest BCUT2D eigenvalue weighted by atomic mass is 9.46. The molecule has 6 rings (SSSR count). The van der Waals surface area contributed by atoms with Gasteiger partial charge in [0, 0.05) is 32.2 Å². The average Bonchev–Trinajstić information content (AvgIpc) is 3.23. The van der Waals surface area contributed by atoms with Crippen LogP contribution >= 0.6 is 0 Å². The van der Waals surface area contributed by atoms with Gasteiger partial charge in [-0.2, -0.15) is 0 Å². The summed E-state index contributed by atoms with van der Waals surface area (Å²) in [6, 6.07) is 3.56. The van der Waals surface area contributed by atoms with Crippen molar-refractivity contribution in [3.05, 3.63) is 46.0 Å². The number of carbonyl (C=O) groups excluding carboxylic acids is 1. The van der Waals surface area contributed by atoms with Crippen LogP contribution < -0.4 is 5.63 Å². The first-order valence-electron chi connectivity index (χ1n) is 14.7. The third-order valence-electron chi connectivity index (χ3n) is 11.4. The van der Waals surface area contributed by atoms with Crippen molar-refractivity contribution in [2.75, 3.05) is 39.8 Å². The number of piperazine rings is 1. The molecule has 5 aliphatic rings. The normalized spacial score (nSPS) is 40.3. The summed E-state index contributed by atoms with van der Waals surface area (Å²) in [7, 11) is 2.14. The van der Waals surface area contributed by atoms with Gasteiger partial charge in [-0.25, -0.2) is 4.79 Å². The number of hydrogen-bond donors (Lipinski definition) is 0. The summed E-state index contributed by atoms with van der Waals surface area (Å²) in [5.74, 6) is 2.42. The van der Waals surface area contributed by atoms with Crippen LogP contribution in [-0.4, -0.2) is 61.6 Å². The molecule has 4 aliphatic carbocycles. The zero-order chi connectivity index (χ0) is 25.8. The summed E-state index contributed by atoms with van der Waals surface area (Å²) in [5.41, 5.74) is 3.09. The van der Waals surface area contributed by atoms with Gasteiger partial charge in [0.25, 0.3) is 0 Å². The first kappa shape index (κ1) is 25.4. The van der Waals surface area contributed by atoms with E-state index in [4.69, 9.17) is 9.15 Å². The van der Waals surface area contributed by atoms with E-state index < -0.39 is 0 Å². The molecule has 0 bridgehead atoms. The lowest BCUT2D eigenvalue weighted by Gasteiger charge is -2.59. The SMILES string of the molecule is CN1CCN(CC(=O)O[C@H]2CC[C@@]3(C)[C@H](CC[C@H]4C5=CC[C@H](c6ccc(=O)oc6)[C@@]5(C)CC[C@@H]43)C2)CC1. The van der Waals surface area contributed by atoms with Crippen LogP contribution in [0.5, 0.6) is 0 Å². The molecule has 1 aromatic heterocycles. The second-order valence-electron chi connectivity index (χ2n) is 13.3. The molecule has 7 atom stereocenters. The van der Waals surface area contributed by atoms with Crippen molar-refractivity contribution >= 4 is 5.97 Å². The number of fused-ring (bicyclic) bond motifs is 5. The molecule has 37 heavy (non-hydrogen) atoms. The van der Waals surface area contributed by atoms with E-state index >= 15 is 0 Å². The quantitative estimate of drug-likeness (QED) is 0.428. The van der Waals surface area contributed by atoms with E-state index in [1.807, 2.05) is 6.07 Å².